The third-order valence-corrected chi connectivity index (χ3v) is 8.92. The highest BCUT2D eigenvalue weighted by Crippen LogP contribution is 2.43. The summed E-state index contributed by atoms with van der Waals surface area (Å²) in [6.07, 6.45) is 7.58. The molecule has 0 bridgehead atoms. The van der Waals surface area contributed by atoms with Crippen molar-refractivity contribution in [1.82, 2.24) is 34.5 Å². The van der Waals surface area contributed by atoms with E-state index in [-0.39, 0.29) is 28.7 Å². The summed E-state index contributed by atoms with van der Waals surface area (Å²) >= 11 is 0. The van der Waals surface area contributed by atoms with E-state index in [9.17, 15) is 13.2 Å². The van der Waals surface area contributed by atoms with Gasteiger partial charge in [-0.25, -0.2) is 38.3 Å². The number of sulfone groups is 1. The summed E-state index contributed by atoms with van der Waals surface area (Å²) in [5, 5.41) is 3.12. The zero-order valence-electron chi connectivity index (χ0n) is 22.8. The normalized spacial score (nSPS) is 14.1. The summed E-state index contributed by atoms with van der Waals surface area (Å²) in [5.41, 5.74) is 3.84. The molecule has 5 rings (SSSR count). The van der Waals surface area contributed by atoms with E-state index in [2.05, 4.69) is 30.2 Å². The molecule has 0 atom stereocenters. The van der Waals surface area contributed by atoms with Crippen LogP contribution in [0.2, 0.25) is 0 Å². The zero-order chi connectivity index (χ0) is 27.9. The van der Waals surface area contributed by atoms with Crippen LogP contribution in [0.4, 0.5) is 5.82 Å². The molecule has 1 saturated carbocycles. The van der Waals surface area contributed by atoms with Gasteiger partial charge in [0.2, 0.25) is 0 Å². The first-order valence-electron chi connectivity index (χ1n) is 13.1. The van der Waals surface area contributed by atoms with E-state index in [0.717, 1.165) is 29.8 Å². The van der Waals surface area contributed by atoms with Crippen LogP contribution in [-0.4, -0.2) is 48.6 Å². The van der Waals surface area contributed by atoms with Crippen LogP contribution >= 0.6 is 0 Å². The highest BCUT2D eigenvalue weighted by atomic mass is 32.2. The summed E-state index contributed by atoms with van der Waals surface area (Å²) < 4.78 is 25.8. The molecule has 0 unspecified atom stereocenters. The van der Waals surface area contributed by atoms with Crippen molar-refractivity contribution < 1.29 is 8.42 Å². The molecule has 1 N–H and O–H groups in total. The summed E-state index contributed by atoms with van der Waals surface area (Å²) in [5.74, 6) is 0.505. The number of hydrogen-bond acceptors (Lipinski definition) is 10. The van der Waals surface area contributed by atoms with Crippen molar-refractivity contribution in [2.24, 2.45) is 0 Å². The first-order valence-corrected chi connectivity index (χ1v) is 14.7. The quantitative estimate of drug-likeness (QED) is 0.328. The number of aromatic nitrogens is 7. The fourth-order valence-corrected chi connectivity index (χ4v) is 5.21. The van der Waals surface area contributed by atoms with Crippen molar-refractivity contribution in [3.8, 4) is 11.3 Å². The van der Waals surface area contributed by atoms with Gasteiger partial charge in [-0.1, -0.05) is 19.9 Å². The lowest BCUT2D eigenvalue weighted by Gasteiger charge is -2.27. The Morgan fingerprint density at radius 2 is 1.82 bits per heavy atom. The molecule has 4 aromatic rings. The molecule has 1 aliphatic carbocycles. The second kappa shape index (κ2) is 10.1. The molecule has 0 radical (unpaired) electrons. The number of hydrogen-bond donors (Lipinski definition) is 1. The van der Waals surface area contributed by atoms with Gasteiger partial charge in [0.15, 0.2) is 32.0 Å². The van der Waals surface area contributed by atoms with Gasteiger partial charge in [-0.05, 0) is 51.7 Å². The monoisotopic (exact) mass is 548 g/mol. The predicted octanol–water partition coefficient (Wildman–Crippen LogP) is 3.78. The molecule has 39 heavy (non-hydrogen) atoms. The fourth-order valence-electron chi connectivity index (χ4n) is 4.42. The van der Waals surface area contributed by atoms with Crippen LogP contribution in [0.5, 0.6) is 0 Å². The molecule has 204 valence electrons. The Labute approximate surface area is 227 Å². The summed E-state index contributed by atoms with van der Waals surface area (Å²) in [6, 6.07) is 3.15. The van der Waals surface area contributed by atoms with Gasteiger partial charge in [0.05, 0.1) is 29.0 Å². The van der Waals surface area contributed by atoms with E-state index in [1.165, 1.54) is 12.3 Å². The van der Waals surface area contributed by atoms with Gasteiger partial charge in [0.1, 0.15) is 6.33 Å². The van der Waals surface area contributed by atoms with Gasteiger partial charge >= 0.3 is 0 Å². The molecule has 12 heteroatoms. The highest BCUT2D eigenvalue weighted by Gasteiger charge is 2.31. The molecule has 1 fully saturated rings. The minimum absolute atomic E-state index is 0.0210. The lowest BCUT2D eigenvalue weighted by Crippen LogP contribution is -2.38. The number of aryl methyl sites for hydroxylation is 1. The van der Waals surface area contributed by atoms with E-state index < -0.39 is 15.4 Å². The van der Waals surface area contributed by atoms with Crippen molar-refractivity contribution in [2.75, 3.05) is 11.1 Å². The molecule has 0 aliphatic heterocycles. The van der Waals surface area contributed by atoms with Crippen LogP contribution in [0.25, 0.3) is 22.6 Å². The predicted molar refractivity (Wildman–Crippen MR) is 148 cm³/mol. The molecule has 11 nitrogen and oxygen atoms in total. The molecular weight excluding hydrogens is 516 g/mol. The average Bonchev–Trinajstić information content (AvgIpc) is 3.77. The van der Waals surface area contributed by atoms with Crippen molar-refractivity contribution >= 4 is 26.9 Å². The van der Waals surface area contributed by atoms with Gasteiger partial charge in [-0.2, -0.15) is 0 Å². The smallest absolute Gasteiger partial charge is 0.295 e. The van der Waals surface area contributed by atoms with Crippen LogP contribution < -0.4 is 10.9 Å². The number of anilines is 1. The first-order chi connectivity index (χ1) is 18.6. The summed E-state index contributed by atoms with van der Waals surface area (Å²) in [4.78, 5) is 40.9. The van der Waals surface area contributed by atoms with Crippen LogP contribution in [0.1, 0.15) is 69.8 Å². The second-order valence-corrected chi connectivity index (χ2v) is 12.6. The van der Waals surface area contributed by atoms with Crippen LogP contribution in [-0.2, 0) is 21.9 Å². The van der Waals surface area contributed by atoms with Crippen LogP contribution in [0.3, 0.4) is 0 Å². The SMILES string of the molecule is CCC(C)(C)n1c(=O)c(NCc2ccc(S(=O)(=O)CC)nc2)nc2ncc(-c3c(C)ncnc3C3CC3)nc21. The van der Waals surface area contributed by atoms with E-state index in [4.69, 9.17) is 4.98 Å². The maximum absolute atomic E-state index is 13.8. The van der Waals surface area contributed by atoms with E-state index in [1.807, 2.05) is 27.7 Å². The number of rotatable bonds is 9. The van der Waals surface area contributed by atoms with Gasteiger partial charge in [0, 0.05) is 29.8 Å². The Bertz CT molecular complexity index is 1710. The molecular formula is C27H32N8O3S. The average molecular weight is 549 g/mol. The van der Waals surface area contributed by atoms with E-state index >= 15 is 0 Å². The van der Waals surface area contributed by atoms with Crippen molar-refractivity contribution in [3.05, 3.63) is 58.2 Å². The third-order valence-electron chi connectivity index (χ3n) is 7.28. The first kappa shape index (κ1) is 26.8. The van der Waals surface area contributed by atoms with Crippen molar-refractivity contribution in [1.29, 1.82) is 0 Å². The largest absolute Gasteiger partial charge is 0.361 e. The Morgan fingerprint density at radius 3 is 2.46 bits per heavy atom. The highest BCUT2D eigenvalue weighted by molar-refractivity contribution is 7.91. The van der Waals surface area contributed by atoms with Gasteiger partial charge in [0.25, 0.3) is 5.56 Å². The lowest BCUT2D eigenvalue weighted by atomic mass is 10.0. The maximum Gasteiger partial charge on any atom is 0.295 e. The fraction of sp³-hybridized carbons (Fsp3) is 0.444. The molecule has 1 aliphatic rings. The number of pyridine rings is 1. The standard InChI is InChI=1S/C27H32N8O3S/c1-6-27(4,5)35-25-23(30-14-19(33-25)21-16(3)31-15-32-22(21)18-9-10-18)34-24(26(35)36)29-13-17-8-11-20(28-12-17)39(37,38)7-2/h8,11-12,14-15,18H,6-7,9-10,13H2,1-5H3,(H,29,30,34). The van der Waals surface area contributed by atoms with Crippen LogP contribution in [0.15, 0.2) is 40.7 Å². The molecule has 0 saturated heterocycles. The topological polar surface area (TPSA) is 146 Å². The molecule has 0 spiro atoms. The minimum Gasteiger partial charge on any atom is -0.361 e. The second-order valence-electron chi connectivity index (χ2n) is 10.4. The molecule has 0 amide bonds. The van der Waals surface area contributed by atoms with Crippen molar-refractivity contribution in [2.45, 2.75) is 76.9 Å². The number of nitrogens with zero attached hydrogens (tertiary/aromatic N) is 7. The molecule has 4 aromatic heterocycles. The molecule has 4 heterocycles. The van der Waals surface area contributed by atoms with Gasteiger partial charge < -0.3 is 5.32 Å². The van der Waals surface area contributed by atoms with Crippen molar-refractivity contribution in [3.63, 3.8) is 0 Å². The summed E-state index contributed by atoms with van der Waals surface area (Å²) in [7, 11) is -3.39. The summed E-state index contributed by atoms with van der Waals surface area (Å²) in [6.45, 7) is 9.72. The number of nitrogens with one attached hydrogen (secondary N) is 1. The Kier molecular flexibility index (Phi) is 6.91. The zero-order valence-corrected chi connectivity index (χ0v) is 23.6. The molecule has 0 aromatic carbocycles. The maximum atomic E-state index is 13.8. The third kappa shape index (κ3) is 5.12. The van der Waals surface area contributed by atoms with E-state index in [0.29, 0.717) is 34.9 Å². The lowest BCUT2D eigenvalue weighted by molar-refractivity contribution is 0.341. The Hall–Kier alpha value is -3.80. The van der Waals surface area contributed by atoms with E-state index in [1.54, 1.807) is 30.1 Å². The Morgan fingerprint density at radius 1 is 1.05 bits per heavy atom. The number of fused-ring (bicyclic) bond motifs is 1. The Balaban J connectivity index is 1.56. The van der Waals surface area contributed by atoms with Crippen LogP contribution in [0, 0.1) is 6.92 Å². The minimum atomic E-state index is -3.39. The van der Waals surface area contributed by atoms with Gasteiger partial charge in [-0.3, -0.25) is 9.36 Å². The van der Waals surface area contributed by atoms with Gasteiger partial charge in [-0.15, -0.1) is 0 Å².